The number of nitrogen functional groups attached to an aromatic ring is 1. The summed E-state index contributed by atoms with van der Waals surface area (Å²) in [5.74, 6) is 0.830. The first-order valence-electron chi connectivity index (χ1n) is 13.9. The quantitative estimate of drug-likeness (QED) is 0.363. The summed E-state index contributed by atoms with van der Waals surface area (Å²) in [6.07, 6.45) is 11.8. The van der Waals surface area contributed by atoms with Crippen LogP contribution in [-0.2, 0) is 12.8 Å². The number of hydrogen-bond donors (Lipinski definition) is 2. The van der Waals surface area contributed by atoms with Gasteiger partial charge in [-0.1, -0.05) is 43.7 Å². The number of hydrogen-bond acceptors (Lipinski definition) is 5. The second-order valence-corrected chi connectivity index (χ2v) is 11.9. The molecular formula is C30H40N4OS. The Labute approximate surface area is 219 Å². The van der Waals surface area contributed by atoms with Crippen molar-refractivity contribution in [1.82, 2.24) is 15.2 Å². The molecule has 2 aliphatic rings. The third-order valence-electron chi connectivity index (χ3n) is 8.26. The monoisotopic (exact) mass is 504 g/mol. The van der Waals surface area contributed by atoms with Gasteiger partial charge < -0.3 is 16.0 Å². The van der Waals surface area contributed by atoms with Gasteiger partial charge >= 0.3 is 0 Å². The van der Waals surface area contributed by atoms with Crippen LogP contribution in [0.3, 0.4) is 0 Å². The smallest absolute Gasteiger partial charge is 0.251 e. The van der Waals surface area contributed by atoms with Gasteiger partial charge in [0, 0.05) is 22.5 Å². The molecule has 192 valence electrons. The largest absolute Gasteiger partial charge is 0.375 e. The number of fused-ring (bicyclic) bond motifs is 2. The Morgan fingerprint density at radius 2 is 1.89 bits per heavy atom. The molecular weight excluding hydrogens is 464 g/mol. The molecule has 0 bridgehead atoms. The zero-order chi connectivity index (χ0) is 24.9. The Hall–Kier alpha value is -2.44. The number of anilines is 1. The van der Waals surface area contributed by atoms with E-state index in [4.69, 9.17) is 5.73 Å². The number of nitrogens with zero attached hydrogens (tertiary/aromatic N) is 2. The van der Waals surface area contributed by atoms with E-state index in [1.165, 1.54) is 67.6 Å². The van der Waals surface area contributed by atoms with Gasteiger partial charge in [-0.15, -0.1) is 11.3 Å². The molecule has 1 amide bonds. The number of carbonyl (C=O) groups excluding carboxylic acids is 1. The first-order chi connectivity index (χ1) is 17.6. The lowest BCUT2D eigenvalue weighted by Gasteiger charge is -2.36. The van der Waals surface area contributed by atoms with Gasteiger partial charge in [0.15, 0.2) is 5.13 Å². The third-order valence-corrected chi connectivity index (χ3v) is 9.21. The minimum absolute atomic E-state index is 0.0651. The maximum absolute atomic E-state index is 12.9. The predicted molar refractivity (Wildman–Crippen MR) is 151 cm³/mol. The van der Waals surface area contributed by atoms with E-state index in [2.05, 4.69) is 34.3 Å². The van der Waals surface area contributed by atoms with Gasteiger partial charge in [-0.25, -0.2) is 4.98 Å². The molecule has 0 spiro atoms. The fraction of sp³-hybridized carbons (Fsp3) is 0.533. The van der Waals surface area contributed by atoms with Crippen LogP contribution < -0.4 is 11.1 Å². The van der Waals surface area contributed by atoms with Crippen molar-refractivity contribution in [2.75, 3.05) is 18.8 Å². The third kappa shape index (κ3) is 6.09. The van der Waals surface area contributed by atoms with Crippen molar-refractivity contribution in [2.24, 2.45) is 5.92 Å². The van der Waals surface area contributed by atoms with E-state index in [0.717, 1.165) is 47.7 Å². The van der Waals surface area contributed by atoms with Crippen molar-refractivity contribution in [3.63, 3.8) is 0 Å². The molecule has 0 unspecified atom stereocenters. The molecule has 3 N–H and O–H groups in total. The molecule has 0 aliphatic heterocycles. The summed E-state index contributed by atoms with van der Waals surface area (Å²) >= 11 is 1.69. The maximum Gasteiger partial charge on any atom is 0.251 e. The van der Waals surface area contributed by atoms with Crippen LogP contribution in [0.5, 0.6) is 0 Å². The highest BCUT2D eigenvalue weighted by Crippen LogP contribution is 2.32. The average Bonchev–Trinajstić information content (AvgIpc) is 3.28. The number of amides is 1. The first-order valence-corrected chi connectivity index (χ1v) is 14.7. The summed E-state index contributed by atoms with van der Waals surface area (Å²) < 4.78 is 0. The van der Waals surface area contributed by atoms with Crippen LogP contribution in [0.2, 0.25) is 0 Å². The summed E-state index contributed by atoms with van der Waals surface area (Å²) in [6, 6.07) is 15.1. The molecule has 2 aliphatic carbocycles. The topological polar surface area (TPSA) is 71.2 Å². The van der Waals surface area contributed by atoms with Crippen molar-refractivity contribution in [1.29, 1.82) is 0 Å². The summed E-state index contributed by atoms with van der Waals surface area (Å²) in [5.41, 5.74) is 7.99. The molecule has 0 radical (unpaired) electrons. The van der Waals surface area contributed by atoms with Crippen molar-refractivity contribution >= 4 is 33.1 Å². The highest BCUT2D eigenvalue weighted by Gasteiger charge is 2.28. The van der Waals surface area contributed by atoms with E-state index in [1.807, 2.05) is 30.3 Å². The van der Waals surface area contributed by atoms with E-state index in [-0.39, 0.29) is 5.91 Å². The van der Waals surface area contributed by atoms with Crippen LogP contribution in [0.15, 0.2) is 42.5 Å². The van der Waals surface area contributed by atoms with Crippen LogP contribution in [-0.4, -0.2) is 41.0 Å². The second-order valence-electron chi connectivity index (χ2n) is 10.7. The molecule has 6 heteroatoms. The Morgan fingerprint density at radius 1 is 1.08 bits per heavy atom. The van der Waals surface area contributed by atoms with Gasteiger partial charge in [0.1, 0.15) is 0 Å². The van der Waals surface area contributed by atoms with E-state index >= 15 is 0 Å². The van der Waals surface area contributed by atoms with E-state index in [0.29, 0.717) is 12.1 Å². The number of benzene rings is 2. The molecule has 1 fully saturated rings. The minimum atomic E-state index is 0.0651. The first kappa shape index (κ1) is 25.2. The summed E-state index contributed by atoms with van der Waals surface area (Å²) in [4.78, 5) is 21.6. The number of thiazole rings is 1. The van der Waals surface area contributed by atoms with Crippen LogP contribution in [0.25, 0.3) is 10.8 Å². The Bertz CT molecular complexity index is 1170. The van der Waals surface area contributed by atoms with Crippen molar-refractivity contribution in [2.45, 2.75) is 83.2 Å². The van der Waals surface area contributed by atoms with Crippen LogP contribution in [0.4, 0.5) is 5.13 Å². The van der Waals surface area contributed by atoms with Crippen LogP contribution in [0, 0.1) is 5.92 Å². The van der Waals surface area contributed by atoms with Gasteiger partial charge in [0.2, 0.25) is 0 Å². The molecule has 2 aromatic carbocycles. The van der Waals surface area contributed by atoms with Crippen LogP contribution in [0.1, 0.15) is 79.2 Å². The zero-order valence-electron chi connectivity index (χ0n) is 21.5. The van der Waals surface area contributed by atoms with Gasteiger partial charge in [-0.3, -0.25) is 4.79 Å². The number of aryl methyl sites for hydroxylation is 1. The van der Waals surface area contributed by atoms with Gasteiger partial charge in [-0.2, -0.15) is 0 Å². The maximum atomic E-state index is 12.9. The van der Waals surface area contributed by atoms with Crippen molar-refractivity contribution in [3.05, 3.63) is 58.6 Å². The lowest BCUT2D eigenvalue weighted by atomic mass is 9.83. The molecule has 5 rings (SSSR count). The van der Waals surface area contributed by atoms with Gasteiger partial charge in [-0.05, 0) is 99.7 Å². The van der Waals surface area contributed by atoms with E-state index < -0.39 is 0 Å². The highest BCUT2D eigenvalue weighted by molar-refractivity contribution is 7.15. The SMILES string of the molecule is CCCCN(CCC1CCC(NC(=O)c2ccc3ccccc3c2)CC1)[C@H]1CCc2nc(N)sc2C1. The van der Waals surface area contributed by atoms with Crippen LogP contribution >= 0.6 is 11.3 Å². The minimum Gasteiger partial charge on any atom is -0.375 e. The predicted octanol–water partition coefficient (Wildman–Crippen LogP) is 6.22. The van der Waals surface area contributed by atoms with Gasteiger partial charge in [0.05, 0.1) is 5.69 Å². The summed E-state index contributed by atoms with van der Waals surface area (Å²) in [6.45, 7) is 4.67. The number of nitrogens with one attached hydrogen (secondary N) is 1. The number of aromatic nitrogens is 1. The highest BCUT2D eigenvalue weighted by atomic mass is 32.1. The van der Waals surface area contributed by atoms with E-state index in [1.54, 1.807) is 11.3 Å². The fourth-order valence-electron chi connectivity index (χ4n) is 6.07. The summed E-state index contributed by atoms with van der Waals surface area (Å²) in [5, 5.41) is 6.33. The van der Waals surface area contributed by atoms with Crippen molar-refractivity contribution in [3.8, 4) is 0 Å². The summed E-state index contributed by atoms with van der Waals surface area (Å²) in [7, 11) is 0. The molecule has 3 aromatic rings. The molecule has 5 nitrogen and oxygen atoms in total. The molecule has 1 atom stereocenters. The van der Waals surface area contributed by atoms with E-state index in [9.17, 15) is 4.79 Å². The fourth-order valence-corrected chi connectivity index (χ4v) is 7.02. The standard InChI is InChI=1S/C30H40N4OS/c1-2-3-17-34(26-14-15-27-28(20-26)36-30(31)33-27)18-16-21-8-12-25(13-9-21)32-29(35)24-11-10-22-6-4-5-7-23(22)19-24/h4-7,10-11,19,21,25-26H,2-3,8-9,12-18,20H2,1H3,(H2,31,33)(H,32,35)/t21?,25?,26-/m0/s1. The van der Waals surface area contributed by atoms with Crippen molar-refractivity contribution < 1.29 is 4.79 Å². The number of carbonyl (C=O) groups is 1. The number of nitrogens with two attached hydrogens (primary N) is 1. The normalized spacial score (nSPS) is 22.0. The second kappa shape index (κ2) is 11.7. The molecule has 0 saturated heterocycles. The number of rotatable bonds is 9. The Balaban J connectivity index is 1.10. The average molecular weight is 505 g/mol. The Morgan fingerprint density at radius 3 is 2.69 bits per heavy atom. The molecule has 36 heavy (non-hydrogen) atoms. The lowest BCUT2D eigenvalue weighted by molar-refractivity contribution is 0.0918. The zero-order valence-corrected chi connectivity index (χ0v) is 22.4. The lowest BCUT2D eigenvalue weighted by Crippen LogP contribution is -2.41. The molecule has 1 aromatic heterocycles. The Kier molecular flexibility index (Phi) is 8.22. The molecule has 1 saturated carbocycles. The molecule has 1 heterocycles. The number of unbranched alkanes of at least 4 members (excludes halogenated alkanes) is 1. The van der Waals surface area contributed by atoms with Gasteiger partial charge in [0.25, 0.3) is 5.91 Å².